The zero-order valence-corrected chi connectivity index (χ0v) is 13.9. The van der Waals surface area contributed by atoms with Gasteiger partial charge in [0.1, 0.15) is 0 Å². The lowest BCUT2D eigenvalue weighted by Gasteiger charge is -2.36. The van der Waals surface area contributed by atoms with Gasteiger partial charge in [0, 0.05) is 20.0 Å². The number of fused-ring (bicyclic) bond motifs is 1. The van der Waals surface area contributed by atoms with Crippen molar-refractivity contribution >= 4 is 0 Å². The molecule has 1 heterocycles. The molecule has 0 bridgehead atoms. The molecule has 118 valence electrons. The van der Waals surface area contributed by atoms with E-state index < -0.39 is 5.79 Å². The van der Waals surface area contributed by atoms with Crippen LogP contribution in [-0.4, -0.2) is 54.9 Å². The SMILES string of the molecule is CCN(CC)CCN(C)C(C)C1(C)Oc2ccccc2O1. The van der Waals surface area contributed by atoms with Gasteiger partial charge in [0.15, 0.2) is 11.5 Å². The first kappa shape index (κ1) is 16.1. The number of rotatable bonds is 7. The number of nitrogens with zero attached hydrogens (tertiary/aromatic N) is 2. The van der Waals surface area contributed by atoms with Crippen molar-refractivity contribution in [3.63, 3.8) is 0 Å². The largest absolute Gasteiger partial charge is 0.447 e. The van der Waals surface area contributed by atoms with Crippen molar-refractivity contribution in [1.82, 2.24) is 9.80 Å². The highest BCUT2D eigenvalue weighted by Gasteiger charge is 2.43. The van der Waals surface area contributed by atoms with Gasteiger partial charge in [0.25, 0.3) is 5.79 Å². The Hall–Kier alpha value is -1.26. The molecule has 0 aromatic heterocycles. The first-order valence-electron chi connectivity index (χ1n) is 7.89. The summed E-state index contributed by atoms with van der Waals surface area (Å²) >= 11 is 0. The third kappa shape index (κ3) is 3.50. The van der Waals surface area contributed by atoms with Crippen molar-refractivity contribution in [2.75, 3.05) is 33.2 Å². The minimum absolute atomic E-state index is 0.167. The molecule has 0 N–H and O–H groups in total. The molecule has 4 heteroatoms. The second kappa shape index (κ2) is 6.67. The van der Waals surface area contributed by atoms with Gasteiger partial charge in [-0.15, -0.1) is 0 Å². The van der Waals surface area contributed by atoms with Crippen molar-refractivity contribution in [1.29, 1.82) is 0 Å². The van der Waals surface area contributed by atoms with Gasteiger partial charge in [0.05, 0.1) is 6.04 Å². The van der Waals surface area contributed by atoms with Crippen LogP contribution in [0.15, 0.2) is 24.3 Å². The Kier molecular flexibility index (Phi) is 5.12. The van der Waals surface area contributed by atoms with E-state index in [-0.39, 0.29) is 6.04 Å². The Morgan fingerprint density at radius 1 is 1.05 bits per heavy atom. The lowest BCUT2D eigenvalue weighted by molar-refractivity contribution is -0.116. The first-order chi connectivity index (χ1) is 10.00. The maximum absolute atomic E-state index is 6.06. The maximum Gasteiger partial charge on any atom is 0.263 e. The smallest absolute Gasteiger partial charge is 0.263 e. The van der Waals surface area contributed by atoms with Crippen LogP contribution < -0.4 is 9.47 Å². The van der Waals surface area contributed by atoms with Crippen molar-refractivity contribution in [2.45, 2.75) is 39.5 Å². The van der Waals surface area contributed by atoms with Gasteiger partial charge in [-0.2, -0.15) is 0 Å². The van der Waals surface area contributed by atoms with Crippen molar-refractivity contribution in [3.05, 3.63) is 24.3 Å². The molecule has 4 nitrogen and oxygen atoms in total. The van der Waals surface area contributed by atoms with E-state index in [1.807, 2.05) is 31.2 Å². The zero-order valence-electron chi connectivity index (χ0n) is 13.9. The highest BCUT2D eigenvalue weighted by molar-refractivity contribution is 5.43. The van der Waals surface area contributed by atoms with E-state index in [0.29, 0.717) is 0 Å². The standard InChI is InChI=1S/C17H28N2O2/c1-6-19(7-2)13-12-18(5)14(3)17(4)20-15-10-8-9-11-16(15)21-17/h8-11,14H,6-7,12-13H2,1-5H3. The van der Waals surface area contributed by atoms with E-state index in [1.165, 1.54) is 0 Å². The summed E-state index contributed by atoms with van der Waals surface area (Å²) in [5.74, 6) is 1.05. The third-order valence-corrected chi connectivity index (χ3v) is 4.56. The van der Waals surface area contributed by atoms with E-state index in [9.17, 15) is 0 Å². The van der Waals surface area contributed by atoms with Crippen LogP contribution in [0, 0.1) is 0 Å². The molecule has 0 radical (unpaired) electrons. The Bertz CT molecular complexity index is 435. The maximum atomic E-state index is 6.06. The van der Waals surface area contributed by atoms with Crippen LogP contribution in [0.5, 0.6) is 11.5 Å². The van der Waals surface area contributed by atoms with E-state index in [4.69, 9.17) is 9.47 Å². The first-order valence-corrected chi connectivity index (χ1v) is 7.89. The molecule has 1 aliphatic rings. The van der Waals surface area contributed by atoms with Crippen LogP contribution in [0.3, 0.4) is 0 Å². The molecule has 2 rings (SSSR count). The molecule has 0 spiro atoms. The second-order valence-electron chi connectivity index (χ2n) is 5.85. The normalized spacial score (nSPS) is 17.5. The topological polar surface area (TPSA) is 24.9 Å². The second-order valence-corrected chi connectivity index (χ2v) is 5.85. The number of para-hydroxylation sites is 2. The van der Waals surface area contributed by atoms with Crippen LogP contribution in [0.2, 0.25) is 0 Å². The summed E-state index contributed by atoms with van der Waals surface area (Å²) < 4.78 is 12.1. The highest BCUT2D eigenvalue weighted by atomic mass is 16.7. The average Bonchev–Trinajstić information content (AvgIpc) is 2.84. The van der Waals surface area contributed by atoms with Crippen molar-refractivity contribution < 1.29 is 9.47 Å². The highest BCUT2D eigenvalue weighted by Crippen LogP contribution is 2.40. The summed E-state index contributed by atoms with van der Waals surface area (Å²) in [5.41, 5.74) is 0. The zero-order chi connectivity index (χ0) is 15.5. The average molecular weight is 292 g/mol. The van der Waals surface area contributed by atoms with Crippen LogP contribution >= 0.6 is 0 Å². The molecule has 21 heavy (non-hydrogen) atoms. The van der Waals surface area contributed by atoms with Crippen LogP contribution in [-0.2, 0) is 0 Å². The fourth-order valence-corrected chi connectivity index (χ4v) is 2.68. The van der Waals surface area contributed by atoms with E-state index in [1.54, 1.807) is 0 Å². The monoisotopic (exact) mass is 292 g/mol. The molecule has 0 amide bonds. The summed E-state index contributed by atoms with van der Waals surface area (Å²) in [6.45, 7) is 12.8. The van der Waals surface area contributed by atoms with Gasteiger partial charge in [-0.05, 0) is 39.2 Å². The summed E-state index contributed by atoms with van der Waals surface area (Å²) in [6.07, 6.45) is 0. The van der Waals surface area contributed by atoms with Crippen LogP contribution in [0.25, 0.3) is 0 Å². The lowest BCUT2D eigenvalue weighted by atomic mass is 10.1. The summed E-state index contributed by atoms with van der Waals surface area (Å²) in [6, 6.07) is 8.04. The Morgan fingerprint density at radius 2 is 1.57 bits per heavy atom. The molecule has 0 saturated heterocycles. The van der Waals surface area contributed by atoms with E-state index in [0.717, 1.165) is 37.7 Å². The number of likely N-dealkylation sites (N-methyl/N-ethyl adjacent to an activating group) is 2. The predicted octanol–water partition coefficient (Wildman–Crippen LogP) is 2.84. The van der Waals surface area contributed by atoms with Crippen LogP contribution in [0.1, 0.15) is 27.7 Å². The van der Waals surface area contributed by atoms with Gasteiger partial charge >= 0.3 is 0 Å². The van der Waals surface area contributed by atoms with Gasteiger partial charge in [-0.1, -0.05) is 26.0 Å². The predicted molar refractivity (Wildman–Crippen MR) is 86.0 cm³/mol. The van der Waals surface area contributed by atoms with Crippen molar-refractivity contribution in [2.24, 2.45) is 0 Å². The molecule has 1 aromatic carbocycles. The van der Waals surface area contributed by atoms with Gasteiger partial charge in [-0.25, -0.2) is 0 Å². The molecule has 0 aliphatic carbocycles. The summed E-state index contributed by atoms with van der Waals surface area (Å²) in [4.78, 5) is 4.74. The molecule has 1 aromatic rings. The number of benzene rings is 1. The Morgan fingerprint density at radius 3 is 2.05 bits per heavy atom. The minimum Gasteiger partial charge on any atom is -0.447 e. The Balaban J connectivity index is 1.95. The number of hydrogen-bond donors (Lipinski definition) is 0. The molecule has 1 unspecified atom stereocenters. The number of ether oxygens (including phenoxy) is 2. The van der Waals surface area contributed by atoms with Crippen LogP contribution in [0.4, 0.5) is 0 Å². The van der Waals surface area contributed by atoms with Gasteiger partial charge < -0.3 is 14.4 Å². The third-order valence-electron chi connectivity index (χ3n) is 4.56. The minimum atomic E-state index is -0.623. The quantitative estimate of drug-likeness (QED) is 0.771. The van der Waals surface area contributed by atoms with E-state index >= 15 is 0 Å². The lowest BCUT2D eigenvalue weighted by Crippen LogP contribution is -2.54. The van der Waals surface area contributed by atoms with E-state index in [2.05, 4.69) is 37.6 Å². The van der Waals surface area contributed by atoms with Gasteiger partial charge in [0.2, 0.25) is 0 Å². The molecular weight excluding hydrogens is 264 g/mol. The molecule has 1 aliphatic heterocycles. The fraction of sp³-hybridized carbons (Fsp3) is 0.647. The number of hydrogen-bond acceptors (Lipinski definition) is 4. The Labute approximate surface area is 128 Å². The summed E-state index contributed by atoms with van der Waals surface area (Å²) in [5, 5.41) is 0. The molecule has 1 atom stereocenters. The fourth-order valence-electron chi connectivity index (χ4n) is 2.68. The van der Waals surface area contributed by atoms with Gasteiger partial charge in [-0.3, -0.25) is 4.90 Å². The molecule has 0 saturated carbocycles. The molecular formula is C17H28N2O2. The summed E-state index contributed by atoms with van der Waals surface area (Å²) in [7, 11) is 2.13. The van der Waals surface area contributed by atoms with Crippen molar-refractivity contribution in [3.8, 4) is 11.5 Å². The molecule has 0 fully saturated rings.